The number of nitrogens with one attached hydrogen (secondary N) is 1. The quantitative estimate of drug-likeness (QED) is 0.881. The van der Waals surface area contributed by atoms with E-state index in [1.165, 1.54) is 18.2 Å². The molecule has 0 fully saturated rings. The molecule has 0 radical (unpaired) electrons. The lowest BCUT2D eigenvalue weighted by Crippen LogP contribution is -2.11. The smallest absolute Gasteiger partial charge is 0.337 e. The van der Waals surface area contributed by atoms with Gasteiger partial charge in [-0.2, -0.15) is 0 Å². The van der Waals surface area contributed by atoms with E-state index in [0.29, 0.717) is 16.3 Å². The summed E-state index contributed by atoms with van der Waals surface area (Å²) in [7, 11) is 0. The van der Waals surface area contributed by atoms with Gasteiger partial charge in [-0.15, -0.1) is 0 Å². The number of carboxylic acid groups (broad SMARTS) is 1. The van der Waals surface area contributed by atoms with Crippen LogP contribution in [0.15, 0.2) is 42.5 Å². The molecule has 3 nitrogen and oxygen atoms in total. The number of para-hydroxylation sites is 1. The van der Waals surface area contributed by atoms with Crippen molar-refractivity contribution in [3.63, 3.8) is 0 Å². The van der Waals surface area contributed by atoms with Crippen LogP contribution in [0.5, 0.6) is 0 Å². The summed E-state index contributed by atoms with van der Waals surface area (Å²) in [6, 6.07) is 10.5. The minimum absolute atomic E-state index is 0.178. The summed E-state index contributed by atoms with van der Waals surface area (Å²) in [5.74, 6) is -1.41. The van der Waals surface area contributed by atoms with Crippen LogP contribution >= 0.6 is 11.6 Å². The molecule has 0 aromatic heterocycles. The average Bonchev–Trinajstić information content (AvgIpc) is 2.38. The van der Waals surface area contributed by atoms with Gasteiger partial charge in [-0.3, -0.25) is 0 Å². The lowest BCUT2D eigenvalue weighted by molar-refractivity contribution is 0.0698. The predicted octanol–water partition coefficient (Wildman–Crippen LogP) is 4.35. The highest BCUT2D eigenvalue weighted by atomic mass is 35.5. The number of carbonyl (C=O) groups is 1. The highest BCUT2D eigenvalue weighted by Crippen LogP contribution is 2.27. The molecule has 0 saturated heterocycles. The number of carboxylic acids is 1. The van der Waals surface area contributed by atoms with Crippen LogP contribution in [0.2, 0.25) is 5.02 Å². The molecule has 0 aliphatic heterocycles. The third-order valence-electron chi connectivity index (χ3n) is 2.96. The zero-order chi connectivity index (χ0) is 14.7. The molecule has 2 N–H and O–H groups in total. The summed E-state index contributed by atoms with van der Waals surface area (Å²) in [4.78, 5) is 11.1. The first-order chi connectivity index (χ1) is 9.49. The fraction of sp³-hybridized carbons (Fsp3) is 0.133. The van der Waals surface area contributed by atoms with Crippen LogP contribution in [0.3, 0.4) is 0 Å². The van der Waals surface area contributed by atoms with Gasteiger partial charge in [-0.1, -0.05) is 29.8 Å². The molecule has 0 aliphatic carbocycles. The van der Waals surface area contributed by atoms with E-state index in [1.54, 1.807) is 24.3 Å². The topological polar surface area (TPSA) is 49.3 Å². The standard InChI is InChI=1S/C15H13ClFNO2/c1-9(11-7-6-10(17)8-13(11)16)18-14-5-3-2-4-12(14)15(19)20/h2-9,18H,1H3,(H,19,20). The van der Waals surface area contributed by atoms with E-state index in [0.717, 1.165) is 0 Å². The van der Waals surface area contributed by atoms with Crippen LogP contribution in [0.1, 0.15) is 28.9 Å². The molecular weight excluding hydrogens is 281 g/mol. The van der Waals surface area contributed by atoms with Gasteiger partial charge in [0, 0.05) is 10.7 Å². The lowest BCUT2D eigenvalue weighted by atomic mass is 10.1. The van der Waals surface area contributed by atoms with Crippen molar-refractivity contribution in [3.8, 4) is 0 Å². The maximum absolute atomic E-state index is 13.0. The summed E-state index contributed by atoms with van der Waals surface area (Å²) in [6.07, 6.45) is 0. The van der Waals surface area contributed by atoms with E-state index in [-0.39, 0.29) is 11.6 Å². The summed E-state index contributed by atoms with van der Waals surface area (Å²) in [5.41, 5.74) is 1.37. The minimum atomic E-state index is -1.01. The zero-order valence-electron chi connectivity index (χ0n) is 10.7. The van der Waals surface area contributed by atoms with Gasteiger partial charge in [-0.25, -0.2) is 9.18 Å². The Bertz CT molecular complexity index is 646. The number of hydrogen-bond donors (Lipinski definition) is 2. The average molecular weight is 294 g/mol. The van der Waals surface area contributed by atoms with Gasteiger partial charge >= 0.3 is 5.97 Å². The van der Waals surface area contributed by atoms with E-state index in [1.807, 2.05) is 6.92 Å². The van der Waals surface area contributed by atoms with E-state index in [9.17, 15) is 9.18 Å². The van der Waals surface area contributed by atoms with Crippen LogP contribution in [-0.4, -0.2) is 11.1 Å². The normalized spacial score (nSPS) is 11.9. The molecule has 0 aliphatic rings. The number of halogens is 2. The molecule has 5 heteroatoms. The number of anilines is 1. The largest absolute Gasteiger partial charge is 0.478 e. The van der Waals surface area contributed by atoms with Gasteiger partial charge in [0.2, 0.25) is 0 Å². The molecule has 0 heterocycles. The SMILES string of the molecule is CC(Nc1ccccc1C(=O)O)c1ccc(F)cc1Cl. The van der Waals surface area contributed by atoms with Gasteiger partial charge in [0.15, 0.2) is 0 Å². The van der Waals surface area contributed by atoms with Crippen molar-refractivity contribution in [3.05, 3.63) is 64.4 Å². The van der Waals surface area contributed by atoms with Crippen LogP contribution < -0.4 is 5.32 Å². The number of rotatable bonds is 4. The summed E-state index contributed by atoms with van der Waals surface area (Å²) >= 11 is 6.00. The first kappa shape index (κ1) is 14.3. The van der Waals surface area contributed by atoms with Crippen LogP contribution in [0.4, 0.5) is 10.1 Å². The number of hydrogen-bond acceptors (Lipinski definition) is 2. The Kier molecular flexibility index (Phi) is 4.25. The predicted molar refractivity (Wildman–Crippen MR) is 76.8 cm³/mol. The second-order valence-corrected chi connectivity index (χ2v) is 4.79. The summed E-state index contributed by atoms with van der Waals surface area (Å²) in [6.45, 7) is 1.83. The van der Waals surface area contributed by atoms with Crippen molar-refractivity contribution in [2.24, 2.45) is 0 Å². The minimum Gasteiger partial charge on any atom is -0.478 e. The van der Waals surface area contributed by atoms with Gasteiger partial charge in [0.1, 0.15) is 5.82 Å². The van der Waals surface area contributed by atoms with Crippen LogP contribution in [0, 0.1) is 5.82 Å². The maximum atomic E-state index is 13.0. The summed E-state index contributed by atoms with van der Waals surface area (Å²) in [5, 5.41) is 12.5. The molecular formula is C15H13ClFNO2. The van der Waals surface area contributed by atoms with Gasteiger partial charge in [0.05, 0.1) is 11.6 Å². The number of aromatic carboxylic acids is 1. The Labute approximate surface area is 121 Å². The van der Waals surface area contributed by atoms with E-state index >= 15 is 0 Å². The van der Waals surface area contributed by atoms with Crippen molar-refractivity contribution < 1.29 is 14.3 Å². The lowest BCUT2D eigenvalue weighted by Gasteiger charge is -2.18. The molecule has 0 bridgehead atoms. The molecule has 0 amide bonds. The van der Waals surface area contributed by atoms with E-state index in [4.69, 9.17) is 16.7 Å². The maximum Gasteiger partial charge on any atom is 0.337 e. The molecule has 1 unspecified atom stereocenters. The first-order valence-electron chi connectivity index (χ1n) is 6.03. The molecule has 2 aromatic carbocycles. The monoisotopic (exact) mass is 293 g/mol. The van der Waals surface area contributed by atoms with E-state index in [2.05, 4.69) is 5.32 Å². The number of benzene rings is 2. The van der Waals surface area contributed by atoms with Crippen molar-refractivity contribution in [1.82, 2.24) is 0 Å². The fourth-order valence-electron chi connectivity index (χ4n) is 1.96. The van der Waals surface area contributed by atoms with Crippen molar-refractivity contribution in [1.29, 1.82) is 0 Å². The molecule has 1 atom stereocenters. The first-order valence-corrected chi connectivity index (χ1v) is 6.40. The second-order valence-electron chi connectivity index (χ2n) is 4.38. The zero-order valence-corrected chi connectivity index (χ0v) is 11.5. The van der Waals surface area contributed by atoms with E-state index < -0.39 is 11.8 Å². The second kappa shape index (κ2) is 5.92. The Morgan fingerprint density at radius 2 is 2.00 bits per heavy atom. The highest BCUT2D eigenvalue weighted by Gasteiger charge is 2.14. The van der Waals surface area contributed by atoms with Crippen molar-refractivity contribution in [2.45, 2.75) is 13.0 Å². The third-order valence-corrected chi connectivity index (χ3v) is 3.29. The molecule has 2 rings (SSSR count). The van der Waals surface area contributed by atoms with Gasteiger partial charge in [-0.05, 0) is 36.8 Å². The Morgan fingerprint density at radius 3 is 2.65 bits per heavy atom. The van der Waals surface area contributed by atoms with Crippen molar-refractivity contribution >= 4 is 23.3 Å². The van der Waals surface area contributed by atoms with Crippen LogP contribution in [-0.2, 0) is 0 Å². The van der Waals surface area contributed by atoms with Gasteiger partial charge < -0.3 is 10.4 Å². The Balaban J connectivity index is 2.28. The molecule has 104 valence electrons. The molecule has 20 heavy (non-hydrogen) atoms. The van der Waals surface area contributed by atoms with Crippen molar-refractivity contribution in [2.75, 3.05) is 5.32 Å². The fourth-order valence-corrected chi connectivity index (χ4v) is 2.29. The highest BCUT2D eigenvalue weighted by molar-refractivity contribution is 6.31. The molecule has 0 saturated carbocycles. The molecule has 0 spiro atoms. The third kappa shape index (κ3) is 3.08. The Morgan fingerprint density at radius 1 is 1.30 bits per heavy atom. The van der Waals surface area contributed by atoms with Crippen LogP contribution in [0.25, 0.3) is 0 Å². The Hall–Kier alpha value is -2.07. The molecule has 2 aromatic rings. The summed E-state index contributed by atoms with van der Waals surface area (Å²) < 4.78 is 13.0. The van der Waals surface area contributed by atoms with Gasteiger partial charge in [0.25, 0.3) is 0 Å².